The molecule has 2 saturated heterocycles. The van der Waals surface area contributed by atoms with E-state index >= 15 is 0 Å². The molecule has 200 valence electrons. The van der Waals surface area contributed by atoms with E-state index in [0.29, 0.717) is 57.5 Å². The highest BCUT2D eigenvalue weighted by molar-refractivity contribution is 7.88. The molecule has 1 N–H and O–H groups in total. The van der Waals surface area contributed by atoms with Gasteiger partial charge in [-0.2, -0.15) is 19.4 Å². The van der Waals surface area contributed by atoms with Crippen LogP contribution in [0, 0.1) is 6.92 Å². The second-order valence-electron chi connectivity index (χ2n) is 9.78. The Bertz CT molecular complexity index is 1550. The Morgan fingerprint density at radius 2 is 1.79 bits per heavy atom. The van der Waals surface area contributed by atoms with E-state index in [1.165, 1.54) is 16.1 Å². The molecule has 2 aliphatic heterocycles. The van der Waals surface area contributed by atoms with Gasteiger partial charge in [0.2, 0.25) is 10.0 Å². The molecular formula is C25H31N9O3S. The topological polar surface area (TPSA) is 125 Å². The quantitative estimate of drug-likeness (QED) is 0.389. The Kier molecular flexibility index (Phi) is 6.60. The predicted octanol–water partition coefficient (Wildman–Crippen LogP) is 1.43. The predicted molar refractivity (Wildman–Crippen MR) is 144 cm³/mol. The van der Waals surface area contributed by atoms with Gasteiger partial charge in [-0.05, 0) is 19.1 Å². The number of aryl methyl sites for hydroxylation is 1. The Balaban J connectivity index is 1.31. The van der Waals surface area contributed by atoms with Crippen LogP contribution in [0.5, 0.6) is 0 Å². The van der Waals surface area contributed by atoms with Crippen LogP contribution in [0.1, 0.15) is 11.4 Å². The number of anilines is 1. The molecule has 0 radical (unpaired) electrons. The van der Waals surface area contributed by atoms with Gasteiger partial charge in [0.25, 0.3) is 5.95 Å². The van der Waals surface area contributed by atoms with Gasteiger partial charge in [0, 0.05) is 51.0 Å². The van der Waals surface area contributed by atoms with Crippen LogP contribution in [0.25, 0.3) is 28.4 Å². The van der Waals surface area contributed by atoms with Crippen molar-refractivity contribution in [3.63, 3.8) is 0 Å². The molecular weight excluding hydrogens is 506 g/mol. The van der Waals surface area contributed by atoms with Crippen LogP contribution in [-0.4, -0.2) is 106 Å². The fourth-order valence-electron chi connectivity index (χ4n) is 4.93. The zero-order valence-electron chi connectivity index (χ0n) is 21.5. The first-order valence-corrected chi connectivity index (χ1v) is 14.6. The number of morpholine rings is 1. The molecule has 0 spiro atoms. The van der Waals surface area contributed by atoms with E-state index in [-0.39, 0.29) is 0 Å². The van der Waals surface area contributed by atoms with Crippen molar-refractivity contribution < 1.29 is 13.2 Å². The minimum absolute atomic E-state index is 0.456. The maximum Gasteiger partial charge on any atom is 0.254 e. The number of benzene rings is 1. The zero-order chi connectivity index (χ0) is 26.3. The summed E-state index contributed by atoms with van der Waals surface area (Å²) in [5, 5.41) is 4.76. The second kappa shape index (κ2) is 10.1. The molecule has 3 aromatic heterocycles. The zero-order valence-corrected chi connectivity index (χ0v) is 22.4. The number of hydrogen-bond acceptors (Lipinski definition) is 9. The fraction of sp³-hybridized carbons (Fsp3) is 0.440. The number of ether oxygens (including phenoxy) is 1. The van der Waals surface area contributed by atoms with Crippen LogP contribution in [0.2, 0.25) is 0 Å². The maximum absolute atomic E-state index is 11.9. The Morgan fingerprint density at radius 1 is 1.00 bits per heavy atom. The highest BCUT2D eigenvalue weighted by atomic mass is 32.2. The number of fused-ring (bicyclic) bond motifs is 1. The van der Waals surface area contributed by atoms with Gasteiger partial charge < -0.3 is 14.6 Å². The Morgan fingerprint density at radius 3 is 2.53 bits per heavy atom. The molecule has 13 heteroatoms. The third-order valence-corrected chi connectivity index (χ3v) is 8.26. The van der Waals surface area contributed by atoms with Crippen LogP contribution < -0.4 is 4.90 Å². The molecule has 38 heavy (non-hydrogen) atoms. The standard InChI is InChI=1S/C25H31N9O3S/c1-18-4-3-5-19(16-18)20-6-7-34(30-20)25-28-23-22(24(29-25)32-12-14-37-15-13-32)26-21(27-23)17-31-8-10-33(11-9-31)38(2,35)36/h3-7,16H,8-15,17H2,1-2H3,(H,26,27,28,29). The summed E-state index contributed by atoms with van der Waals surface area (Å²) < 4.78 is 32.5. The van der Waals surface area contributed by atoms with Crippen molar-refractivity contribution in [3.05, 3.63) is 47.9 Å². The number of rotatable bonds is 6. The minimum atomic E-state index is -3.17. The van der Waals surface area contributed by atoms with E-state index < -0.39 is 10.0 Å². The van der Waals surface area contributed by atoms with E-state index in [9.17, 15) is 8.42 Å². The lowest BCUT2D eigenvalue weighted by Crippen LogP contribution is -2.47. The van der Waals surface area contributed by atoms with Crippen LogP contribution in [0.15, 0.2) is 36.5 Å². The smallest absolute Gasteiger partial charge is 0.254 e. The van der Waals surface area contributed by atoms with E-state index in [4.69, 9.17) is 24.8 Å². The van der Waals surface area contributed by atoms with Gasteiger partial charge >= 0.3 is 0 Å². The van der Waals surface area contributed by atoms with E-state index in [1.54, 1.807) is 4.68 Å². The lowest BCUT2D eigenvalue weighted by atomic mass is 10.1. The third-order valence-electron chi connectivity index (χ3n) is 6.96. The normalized spacial score (nSPS) is 17.9. The highest BCUT2D eigenvalue weighted by Crippen LogP contribution is 2.26. The van der Waals surface area contributed by atoms with Crippen molar-refractivity contribution >= 4 is 27.0 Å². The van der Waals surface area contributed by atoms with Crippen molar-refractivity contribution in [2.75, 3.05) is 63.6 Å². The van der Waals surface area contributed by atoms with Gasteiger partial charge in [-0.1, -0.05) is 23.8 Å². The number of sulfonamides is 1. The molecule has 5 heterocycles. The van der Waals surface area contributed by atoms with Crippen molar-refractivity contribution in [1.82, 2.24) is 38.9 Å². The Labute approximate surface area is 221 Å². The lowest BCUT2D eigenvalue weighted by molar-refractivity contribution is 0.122. The summed E-state index contributed by atoms with van der Waals surface area (Å²) in [5.74, 6) is 2.01. The lowest BCUT2D eigenvalue weighted by Gasteiger charge is -2.32. The number of H-pyrrole nitrogens is 1. The minimum Gasteiger partial charge on any atom is -0.378 e. The van der Waals surface area contributed by atoms with E-state index in [1.807, 2.05) is 24.4 Å². The largest absolute Gasteiger partial charge is 0.378 e. The molecule has 2 aliphatic rings. The first kappa shape index (κ1) is 24.9. The number of imidazole rings is 1. The van der Waals surface area contributed by atoms with Gasteiger partial charge in [0.05, 0.1) is 31.7 Å². The molecule has 6 rings (SSSR count). The molecule has 0 amide bonds. The van der Waals surface area contributed by atoms with Crippen LogP contribution in [0.4, 0.5) is 5.82 Å². The molecule has 2 fully saturated rings. The Hall–Kier alpha value is -3.39. The number of aromatic amines is 1. The van der Waals surface area contributed by atoms with Gasteiger partial charge in [-0.25, -0.2) is 18.1 Å². The van der Waals surface area contributed by atoms with Crippen molar-refractivity contribution in [3.8, 4) is 17.2 Å². The van der Waals surface area contributed by atoms with Gasteiger partial charge in [0.15, 0.2) is 11.5 Å². The number of piperazine rings is 1. The molecule has 0 bridgehead atoms. The molecule has 1 aromatic carbocycles. The molecule has 4 aromatic rings. The molecule has 0 unspecified atom stereocenters. The highest BCUT2D eigenvalue weighted by Gasteiger charge is 2.25. The van der Waals surface area contributed by atoms with E-state index in [2.05, 4.69) is 33.8 Å². The maximum atomic E-state index is 11.9. The van der Waals surface area contributed by atoms with Gasteiger partial charge in [-0.3, -0.25) is 4.90 Å². The summed E-state index contributed by atoms with van der Waals surface area (Å²) in [6.45, 7) is 7.59. The first-order valence-electron chi connectivity index (χ1n) is 12.7. The first-order chi connectivity index (χ1) is 18.3. The summed E-state index contributed by atoms with van der Waals surface area (Å²) in [5.41, 5.74) is 4.42. The number of hydrogen-bond donors (Lipinski definition) is 1. The average molecular weight is 538 g/mol. The van der Waals surface area contributed by atoms with Crippen LogP contribution in [0.3, 0.4) is 0 Å². The van der Waals surface area contributed by atoms with Crippen molar-refractivity contribution in [2.24, 2.45) is 0 Å². The summed E-state index contributed by atoms with van der Waals surface area (Å²) in [6.07, 6.45) is 3.13. The number of aromatic nitrogens is 6. The van der Waals surface area contributed by atoms with Crippen LogP contribution >= 0.6 is 0 Å². The molecule has 0 saturated carbocycles. The van der Waals surface area contributed by atoms with Crippen LogP contribution in [-0.2, 0) is 21.3 Å². The van der Waals surface area contributed by atoms with E-state index in [0.717, 1.165) is 41.5 Å². The summed E-state index contributed by atoms with van der Waals surface area (Å²) in [6, 6.07) is 10.2. The summed E-state index contributed by atoms with van der Waals surface area (Å²) in [4.78, 5) is 22.3. The second-order valence-corrected chi connectivity index (χ2v) is 11.8. The summed E-state index contributed by atoms with van der Waals surface area (Å²) >= 11 is 0. The van der Waals surface area contributed by atoms with Gasteiger partial charge in [-0.15, -0.1) is 0 Å². The van der Waals surface area contributed by atoms with Crippen molar-refractivity contribution in [1.29, 1.82) is 0 Å². The fourth-order valence-corrected chi connectivity index (χ4v) is 5.75. The monoisotopic (exact) mass is 537 g/mol. The van der Waals surface area contributed by atoms with Gasteiger partial charge in [0.1, 0.15) is 11.3 Å². The third kappa shape index (κ3) is 5.14. The average Bonchev–Trinajstić information content (AvgIpc) is 3.56. The van der Waals surface area contributed by atoms with Crippen molar-refractivity contribution in [2.45, 2.75) is 13.5 Å². The number of nitrogens with zero attached hydrogens (tertiary/aromatic N) is 8. The number of nitrogens with one attached hydrogen (secondary N) is 1. The molecule has 0 aliphatic carbocycles. The SMILES string of the molecule is Cc1cccc(-c2ccn(-c3nc(N4CCOCC4)c4[nH]c(CN5CCN(S(C)(=O)=O)CC5)nc4n3)n2)c1. The summed E-state index contributed by atoms with van der Waals surface area (Å²) in [7, 11) is -3.17. The molecule has 0 atom stereocenters. The molecule has 12 nitrogen and oxygen atoms in total.